The molecule has 4 aliphatic carbocycles. The van der Waals surface area contributed by atoms with Gasteiger partial charge in [0.05, 0.1) is 24.2 Å². The Morgan fingerprint density at radius 2 is 1.86 bits per heavy atom. The van der Waals surface area contributed by atoms with E-state index in [1.165, 1.54) is 11.3 Å². The zero-order valence-corrected chi connectivity index (χ0v) is 16.7. The van der Waals surface area contributed by atoms with Gasteiger partial charge in [-0.2, -0.15) is 4.57 Å². The van der Waals surface area contributed by atoms with Crippen molar-refractivity contribution in [1.82, 2.24) is 0 Å². The minimum absolute atomic E-state index is 0.0768. The van der Waals surface area contributed by atoms with Gasteiger partial charge in [-0.1, -0.05) is 24.6 Å². The minimum Gasteiger partial charge on any atom is -0.395 e. The molecule has 150 valence electrons. The lowest BCUT2D eigenvalue weighted by atomic mass is 9.47. The molecule has 1 aromatic heterocycles. The molecule has 1 heterocycles. The van der Waals surface area contributed by atoms with Gasteiger partial charge in [0.15, 0.2) is 18.1 Å². The Morgan fingerprint density at radius 1 is 1.07 bits per heavy atom. The molecule has 2 saturated carbocycles. The van der Waals surface area contributed by atoms with E-state index in [0.717, 1.165) is 32.1 Å². The largest absolute Gasteiger partial charge is 0.395 e. The van der Waals surface area contributed by atoms with Crippen molar-refractivity contribution >= 4 is 5.70 Å². The third-order valence-electron chi connectivity index (χ3n) is 8.66. The second-order valence-corrected chi connectivity index (χ2v) is 9.75. The maximum Gasteiger partial charge on any atom is 0.191 e. The average molecular weight is 383 g/mol. The standard InChI is InChI=1S/C24H32NO3/c1-23-9-7-17(27)13-16(23)14-20(28)22-18(23)8-10-24(15-26)19(22)5-6-21(24)25-11-3-2-4-12-25/h2-4,6,11-12,14,17-20,22,26-28H,5,7-10,13,15H2,1H3/q+1/t17-,18-,19-,20-,22+,23-,24+/m0/s1. The van der Waals surface area contributed by atoms with E-state index in [9.17, 15) is 15.3 Å². The molecule has 7 atom stereocenters. The molecular formula is C24H32NO3+. The summed E-state index contributed by atoms with van der Waals surface area (Å²) < 4.78 is 2.16. The number of fused-ring (bicyclic) bond motifs is 5. The van der Waals surface area contributed by atoms with Crippen molar-refractivity contribution in [3.63, 3.8) is 0 Å². The zero-order valence-electron chi connectivity index (χ0n) is 16.7. The molecule has 4 aliphatic rings. The minimum atomic E-state index is -0.483. The van der Waals surface area contributed by atoms with Crippen molar-refractivity contribution in [2.75, 3.05) is 6.61 Å². The van der Waals surface area contributed by atoms with Crippen LogP contribution < -0.4 is 4.57 Å². The lowest BCUT2D eigenvalue weighted by Gasteiger charge is -2.58. The Bertz CT molecular complexity index is 818. The number of hydrogen-bond acceptors (Lipinski definition) is 3. The molecule has 28 heavy (non-hydrogen) atoms. The number of hydrogen-bond donors (Lipinski definition) is 3. The van der Waals surface area contributed by atoms with E-state index in [0.29, 0.717) is 12.3 Å². The fourth-order valence-corrected chi connectivity index (χ4v) is 7.22. The highest BCUT2D eigenvalue weighted by Crippen LogP contribution is 2.64. The summed E-state index contributed by atoms with van der Waals surface area (Å²) in [6.45, 7) is 2.49. The van der Waals surface area contributed by atoms with Gasteiger partial charge in [0, 0.05) is 12.1 Å². The molecule has 5 rings (SSSR count). The first-order valence-electron chi connectivity index (χ1n) is 10.8. The Labute approximate surface area is 167 Å². The highest BCUT2D eigenvalue weighted by molar-refractivity contribution is 5.49. The maximum atomic E-state index is 11.2. The molecule has 3 N–H and O–H groups in total. The van der Waals surface area contributed by atoms with E-state index in [1.807, 2.05) is 18.2 Å². The van der Waals surface area contributed by atoms with Gasteiger partial charge in [0.2, 0.25) is 0 Å². The van der Waals surface area contributed by atoms with E-state index >= 15 is 0 Å². The average Bonchev–Trinajstić information content (AvgIpc) is 3.10. The van der Waals surface area contributed by atoms with Crippen molar-refractivity contribution < 1.29 is 19.9 Å². The summed E-state index contributed by atoms with van der Waals surface area (Å²) in [5, 5.41) is 32.0. The molecule has 0 unspecified atom stereocenters. The molecule has 2 fully saturated rings. The van der Waals surface area contributed by atoms with E-state index in [-0.39, 0.29) is 35.4 Å². The van der Waals surface area contributed by atoms with Crippen molar-refractivity contribution in [1.29, 1.82) is 0 Å². The second-order valence-electron chi connectivity index (χ2n) is 9.75. The third kappa shape index (κ3) is 2.44. The van der Waals surface area contributed by atoms with Gasteiger partial charge in [-0.15, -0.1) is 0 Å². The Kier molecular flexibility index (Phi) is 4.31. The number of nitrogens with zero attached hydrogens (tertiary/aromatic N) is 1. The van der Waals surface area contributed by atoms with Gasteiger partial charge in [-0.25, -0.2) is 0 Å². The van der Waals surface area contributed by atoms with Crippen LogP contribution in [0.5, 0.6) is 0 Å². The third-order valence-corrected chi connectivity index (χ3v) is 8.66. The molecular weight excluding hydrogens is 350 g/mol. The van der Waals surface area contributed by atoms with Crippen molar-refractivity contribution in [2.45, 2.75) is 57.7 Å². The topological polar surface area (TPSA) is 64.6 Å². The Hall–Kier alpha value is -1.49. The number of aliphatic hydroxyl groups is 3. The monoisotopic (exact) mass is 382 g/mol. The first kappa shape index (κ1) is 18.5. The van der Waals surface area contributed by atoms with Gasteiger partial charge < -0.3 is 15.3 Å². The summed E-state index contributed by atoms with van der Waals surface area (Å²) in [7, 11) is 0. The normalized spacial score (nSPS) is 44.8. The summed E-state index contributed by atoms with van der Waals surface area (Å²) >= 11 is 0. The van der Waals surface area contributed by atoms with Crippen LogP contribution >= 0.6 is 0 Å². The van der Waals surface area contributed by atoms with Gasteiger partial charge in [-0.05, 0) is 67.8 Å². The fourth-order valence-electron chi connectivity index (χ4n) is 7.22. The first-order chi connectivity index (χ1) is 13.5. The van der Waals surface area contributed by atoms with Gasteiger partial charge >= 0.3 is 0 Å². The van der Waals surface area contributed by atoms with Crippen molar-refractivity contribution in [2.24, 2.45) is 28.6 Å². The molecule has 0 saturated heterocycles. The molecule has 1 aromatic rings. The number of rotatable bonds is 2. The van der Waals surface area contributed by atoms with E-state index in [2.05, 4.69) is 36.0 Å². The van der Waals surface area contributed by atoms with Gasteiger partial charge in [-0.3, -0.25) is 0 Å². The smallest absolute Gasteiger partial charge is 0.191 e. The highest BCUT2D eigenvalue weighted by Gasteiger charge is 2.62. The van der Waals surface area contributed by atoms with Gasteiger partial charge in [0.1, 0.15) is 0 Å². The molecule has 4 nitrogen and oxygen atoms in total. The van der Waals surface area contributed by atoms with Gasteiger partial charge in [0.25, 0.3) is 0 Å². The van der Waals surface area contributed by atoms with Crippen molar-refractivity contribution in [3.8, 4) is 0 Å². The SMILES string of the molecule is C[C@]12CC[C@H](O)CC1=C[C@H](O)[C@H]1[C@@H]3CC=C([n+]4ccccc4)[C@@]3(CO)CC[C@@H]12. The van der Waals surface area contributed by atoms with Crippen LogP contribution in [0.3, 0.4) is 0 Å². The van der Waals surface area contributed by atoms with Crippen LogP contribution in [0.2, 0.25) is 0 Å². The highest BCUT2D eigenvalue weighted by atomic mass is 16.3. The Balaban J connectivity index is 1.54. The predicted molar refractivity (Wildman–Crippen MR) is 107 cm³/mol. The van der Waals surface area contributed by atoms with Crippen molar-refractivity contribution in [3.05, 3.63) is 48.3 Å². The quantitative estimate of drug-likeness (QED) is 0.544. The number of aromatic nitrogens is 1. The zero-order chi connectivity index (χ0) is 19.5. The Morgan fingerprint density at radius 3 is 2.61 bits per heavy atom. The van der Waals surface area contributed by atoms with Crippen LogP contribution in [0.15, 0.2) is 48.3 Å². The molecule has 0 amide bonds. The summed E-state index contributed by atoms with van der Waals surface area (Å²) in [6.07, 6.45) is 13.2. The second kappa shape index (κ2) is 6.51. The van der Waals surface area contributed by atoms with E-state index in [4.69, 9.17) is 0 Å². The lowest BCUT2D eigenvalue weighted by Crippen LogP contribution is -2.57. The van der Waals surface area contributed by atoms with Crippen LogP contribution in [-0.2, 0) is 0 Å². The summed E-state index contributed by atoms with van der Waals surface area (Å²) in [5.41, 5.74) is 2.27. The number of aliphatic hydroxyl groups excluding tert-OH is 3. The molecule has 0 aromatic carbocycles. The van der Waals surface area contributed by atoms with E-state index in [1.54, 1.807) is 0 Å². The van der Waals surface area contributed by atoms with Crippen LogP contribution in [-0.4, -0.2) is 34.1 Å². The molecule has 0 aliphatic heterocycles. The summed E-state index contributed by atoms with van der Waals surface area (Å²) in [4.78, 5) is 0. The van der Waals surface area contributed by atoms with Crippen LogP contribution in [0.25, 0.3) is 5.70 Å². The maximum absolute atomic E-state index is 11.2. The first-order valence-corrected chi connectivity index (χ1v) is 10.8. The number of allylic oxidation sites excluding steroid dienone is 1. The fraction of sp³-hybridized carbons (Fsp3) is 0.625. The molecule has 4 heteroatoms. The van der Waals surface area contributed by atoms with Crippen LogP contribution in [0.4, 0.5) is 0 Å². The summed E-state index contributed by atoms with van der Waals surface area (Å²) in [5.74, 6) is 0.853. The molecule has 0 radical (unpaired) electrons. The molecule has 0 bridgehead atoms. The summed E-state index contributed by atoms with van der Waals surface area (Å²) in [6, 6.07) is 6.08. The lowest BCUT2D eigenvalue weighted by molar-refractivity contribution is -0.591. The number of pyridine rings is 1. The van der Waals surface area contributed by atoms with Crippen LogP contribution in [0.1, 0.15) is 45.4 Å². The molecule has 0 spiro atoms. The predicted octanol–water partition coefficient (Wildman–Crippen LogP) is 2.69. The van der Waals surface area contributed by atoms with Crippen LogP contribution in [0, 0.1) is 28.6 Å². The van der Waals surface area contributed by atoms with E-state index < -0.39 is 6.10 Å².